The molecule has 1 aliphatic rings. The number of hydrogen-bond acceptors (Lipinski definition) is 8. The van der Waals surface area contributed by atoms with Gasteiger partial charge in [0.15, 0.2) is 0 Å². The third-order valence-corrected chi connectivity index (χ3v) is 8.77. The number of anilines is 2. The van der Waals surface area contributed by atoms with Gasteiger partial charge in [0, 0.05) is 60.2 Å². The molecule has 10 nitrogen and oxygen atoms in total. The number of rotatable bonds is 9. The maximum atomic E-state index is 13.7. The van der Waals surface area contributed by atoms with Crippen LogP contribution in [-0.2, 0) is 24.6 Å². The molecular formula is C33H28Cl2F3N7O3. The molecule has 3 aromatic heterocycles. The third-order valence-electron chi connectivity index (χ3n) is 7.96. The summed E-state index contributed by atoms with van der Waals surface area (Å²) in [5.74, 6) is 0.143. The second-order valence-corrected chi connectivity index (χ2v) is 11.9. The molecule has 3 N–H and O–H groups in total. The molecule has 1 fully saturated rings. The van der Waals surface area contributed by atoms with Gasteiger partial charge in [-0.15, -0.1) is 0 Å². The zero-order valence-electron chi connectivity index (χ0n) is 25.6. The number of methoxy groups -OCH3 is 1. The fourth-order valence-corrected chi connectivity index (χ4v) is 6.13. The Hall–Kier alpha value is -4.72. The molecule has 1 saturated heterocycles. The second-order valence-electron chi connectivity index (χ2n) is 11.1. The number of pyridine rings is 2. The number of ether oxygens (including phenoxy) is 1. The van der Waals surface area contributed by atoms with E-state index in [2.05, 4.69) is 31.0 Å². The van der Waals surface area contributed by atoms with Crippen LogP contribution in [0.2, 0.25) is 10.0 Å². The molecule has 0 aliphatic carbocycles. The van der Waals surface area contributed by atoms with Crippen molar-refractivity contribution < 1.29 is 22.7 Å². The van der Waals surface area contributed by atoms with E-state index in [1.807, 2.05) is 12.1 Å². The highest BCUT2D eigenvalue weighted by molar-refractivity contribution is 6.39. The quantitative estimate of drug-likeness (QED) is 0.160. The van der Waals surface area contributed by atoms with Crippen molar-refractivity contribution in [3.63, 3.8) is 0 Å². The normalized spacial score (nSPS) is 14.7. The number of hydrogen-bond donors (Lipinski definition) is 3. The summed E-state index contributed by atoms with van der Waals surface area (Å²) in [6.45, 7) is 1.09. The van der Waals surface area contributed by atoms with Crippen LogP contribution in [-0.4, -0.2) is 45.4 Å². The predicted octanol–water partition coefficient (Wildman–Crippen LogP) is 6.50. The van der Waals surface area contributed by atoms with E-state index in [-0.39, 0.29) is 39.2 Å². The number of halogens is 5. The topological polar surface area (TPSA) is 123 Å². The number of aromatic nitrogens is 4. The maximum Gasteiger partial charge on any atom is 0.433 e. The number of nitrogens with one attached hydrogen (secondary N) is 3. The summed E-state index contributed by atoms with van der Waals surface area (Å²) in [5.41, 5.74) is 1.35. The smallest absolute Gasteiger partial charge is 0.433 e. The highest BCUT2D eigenvalue weighted by atomic mass is 35.5. The molecule has 4 heterocycles. The summed E-state index contributed by atoms with van der Waals surface area (Å²) in [5, 5.41) is 13.3. The highest BCUT2D eigenvalue weighted by Crippen LogP contribution is 2.42. The van der Waals surface area contributed by atoms with Gasteiger partial charge in [0.25, 0.3) is 5.56 Å². The van der Waals surface area contributed by atoms with Crippen molar-refractivity contribution in [2.45, 2.75) is 31.6 Å². The van der Waals surface area contributed by atoms with Gasteiger partial charge in [0.1, 0.15) is 11.5 Å². The Labute approximate surface area is 282 Å². The monoisotopic (exact) mass is 697 g/mol. The van der Waals surface area contributed by atoms with Crippen molar-refractivity contribution in [2.24, 2.45) is 7.05 Å². The van der Waals surface area contributed by atoms with E-state index in [9.17, 15) is 22.8 Å². The number of benzene rings is 2. The number of aryl methyl sites for hydroxylation is 1. The Morgan fingerprint density at radius 1 is 1.02 bits per heavy atom. The van der Waals surface area contributed by atoms with Crippen molar-refractivity contribution in [3.8, 4) is 28.3 Å². The van der Waals surface area contributed by atoms with Crippen LogP contribution in [0.4, 0.5) is 24.7 Å². The van der Waals surface area contributed by atoms with Gasteiger partial charge in [-0.1, -0.05) is 59.6 Å². The number of fused-ring (bicyclic) bond motifs is 1. The van der Waals surface area contributed by atoms with E-state index in [4.69, 9.17) is 27.9 Å². The van der Waals surface area contributed by atoms with Crippen LogP contribution in [0.5, 0.6) is 5.88 Å². The fraction of sp³-hybridized carbons (Fsp3) is 0.242. The summed E-state index contributed by atoms with van der Waals surface area (Å²) >= 11 is 13.8. The molecule has 1 unspecified atom stereocenters. The molecular weight excluding hydrogens is 670 g/mol. The van der Waals surface area contributed by atoms with Gasteiger partial charge in [-0.2, -0.15) is 18.3 Å². The average molecular weight is 699 g/mol. The van der Waals surface area contributed by atoms with E-state index in [1.54, 1.807) is 36.4 Å². The molecule has 48 heavy (non-hydrogen) atoms. The van der Waals surface area contributed by atoms with Crippen LogP contribution < -0.4 is 26.2 Å². The van der Waals surface area contributed by atoms with Crippen LogP contribution in [0.15, 0.2) is 65.6 Å². The molecule has 1 atom stereocenters. The third kappa shape index (κ3) is 6.66. The van der Waals surface area contributed by atoms with Gasteiger partial charge in [-0.05, 0) is 24.6 Å². The number of carbonyl (C=O) groups excluding carboxylic acids is 1. The van der Waals surface area contributed by atoms with Crippen LogP contribution in [0.25, 0.3) is 33.2 Å². The van der Waals surface area contributed by atoms with Gasteiger partial charge in [-0.25, -0.2) is 14.6 Å². The molecule has 0 spiro atoms. The highest BCUT2D eigenvalue weighted by Gasteiger charge is 2.34. The Bertz CT molecular complexity index is 2110. The zero-order valence-corrected chi connectivity index (χ0v) is 27.1. The van der Waals surface area contributed by atoms with Crippen LogP contribution in [0.1, 0.15) is 24.1 Å². The summed E-state index contributed by atoms with van der Waals surface area (Å²) in [4.78, 5) is 32.8. The van der Waals surface area contributed by atoms with Crippen molar-refractivity contribution >= 4 is 51.4 Å². The lowest BCUT2D eigenvalue weighted by molar-refractivity contribution is -0.141. The SMILES string of the molecule is COc1nc(-c2cccc(-c3cccc(Nc4nc(C(F)(F)F)cc5cnn(C)c(=O)c45)c3Cl)c2Cl)ccc1CNCC1CCC(=O)N1. The van der Waals surface area contributed by atoms with Gasteiger partial charge >= 0.3 is 6.18 Å². The molecule has 6 rings (SSSR count). The molecule has 1 amide bonds. The Kier molecular flexibility index (Phi) is 9.28. The Morgan fingerprint density at radius 2 is 1.75 bits per heavy atom. The predicted molar refractivity (Wildman–Crippen MR) is 178 cm³/mol. The van der Waals surface area contributed by atoms with Crippen LogP contribution >= 0.6 is 23.2 Å². The number of nitrogens with zero attached hydrogens (tertiary/aromatic N) is 4. The summed E-state index contributed by atoms with van der Waals surface area (Å²) < 4.78 is 47.8. The summed E-state index contributed by atoms with van der Waals surface area (Å²) in [7, 11) is 2.91. The standard InChI is InChI=1S/C33H28Cl2F3N7O3/c1-45-32(47)27-18(15-40-45)13-25(33(36,37)38)44-30(27)42-24-8-4-6-21(29(24)35)20-5-3-7-22(28(20)34)23-11-9-17(31(43-23)48-2)14-39-16-19-10-12-26(46)41-19/h3-9,11,13,15,19,39H,10,12,14,16H2,1-2H3,(H,41,46)(H,42,44). The second kappa shape index (κ2) is 13.4. The van der Waals surface area contributed by atoms with Crippen molar-refractivity contribution in [2.75, 3.05) is 19.0 Å². The molecule has 0 radical (unpaired) electrons. The van der Waals surface area contributed by atoms with Gasteiger partial charge in [-0.3, -0.25) is 9.59 Å². The van der Waals surface area contributed by atoms with Crippen molar-refractivity contribution in [3.05, 3.63) is 92.5 Å². The zero-order chi connectivity index (χ0) is 34.2. The minimum atomic E-state index is -4.77. The molecule has 0 saturated carbocycles. The van der Waals surface area contributed by atoms with E-state index in [0.29, 0.717) is 52.8 Å². The molecule has 2 aromatic carbocycles. The fourth-order valence-electron chi connectivity index (χ4n) is 5.53. The first-order valence-electron chi connectivity index (χ1n) is 14.8. The Balaban J connectivity index is 1.32. The van der Waals surface area contributed by atoms with E-state index < -0.39 is 17.4 Å². The largest absolute Gasteiger partial charge is 0.481 e. The molecule has 15 heteroatoms. The molecule has 5 aromatic rings. The van der Waals surface area contributed by atoms with Crippen LogP contribution in [0.3, 0.4) is 0 Å². The first-order valence-corrected chi connectivity index (χ1v) is 15.5. The molecule has 1 aliphatic heterocycles. The Morgan fingerprint density at radius 3 is 2.46 bits per heavy atom. The van der Waals surface area contributed by atoms with Gasteiger partial charge in [0.2, 0.25) is 11.8 Å². The first-order chi connectivity index (χ1) is 22.9. The maximum absolute atomic E-state index is 13.7. The van der Waals surface area contributed by atoms with E-state index >= 15 is 0 Å². The minimum absolute atomic E-state index is 0.0296. The molecule has 0 bridgehead atoms. The summed E-state index contributed by atoms with van der Waals surface area (Å²) in [6, 6.07) is 14.8. The minimum Gasteiger partial charge on any atom is -0.481 e. The lowest BCUT2D eigenvalue weighted by Crippen LogP contribution is -2.35. The number of alkyl halides is 3. The van der Waals surface area contributed by atoms with Crippen molar-refractivity contribution in [1.29, 1.82) is 0 Å². The lowest BCUT2D eigenvalue weighted by Gasteiger charge is -2.17. The van der Waals surface area contributed by atoms with Crippen LogP contribution in [0, 0.1) is 0 Å². The van der Waals surface area contributed by atoms with Gasteiger partial charge in [0.05, 0.1) is 40.1 Å². The van der Waals surface area contributed by atoms with E-state index in [1.165, 1.54) is 20.4 Å². The average Bonchev–Trinajstić information content (AvgIpc) is 3.48. The lowest BCUT2D eigenvalue weighted by atomic mass is 10.00. The van der Waals surface area contributed by atoms with E-state index in [0.717, 1.165) is 22.7 Å². The van der Waals surface area contributed by atoms with Crippen molar-refractivity contribution in [1.82, 2.24) is 30.4 Å². The molecule has 248 valence electrons. The summed E-state index contributed by atoms with van der Waals surface area (Å²) in [6.07, 6.45) is -2.29. The first kappa shape index (κ1) is 33.2. The number of amides is 1. The number of carbonyl (C=O) groups is 1. The van der Waals surface area contributed by atoms with Gasteiger partial charge < -0.3 is 20.7 Å².